The summed E-state index contributed by atoms with van der Waals surface area (Å²) in [6.07, 6.45) is 2.07. The van der Waals surface area contributed by atoms with Crippen LogP contribution >= 0.6 is 11.3 Å². The third-order valence-corrected chi connectivity index (χ3v) is 4.71. The summed E-state index contributed by atoms with van der Waals surface area (Å²) in [6, 6.07) is 11.7. The summed E-state index contributed by atoms with van der Waals surface area (Å²) >= 11 is 1.71. The van der Waals surface area contributed by atoms with Crippen molar-refractivity contribution in [1.29, 1.82) is 0 Å². The molecule has 0 bridgehead atoms. The van der Waals surface area contributed by atoms with Crippen molar-refractivity contribution in [1.82, 2.24) is 4.90 Å². The molecule has 3 rings (SSSR count). The number of rotatable bonds is 3. The summed E-state index contributed by atoms with van der Waals surface area (Å²) in [7, 11) is 1.61. The first-order valence-corrected chi connectivity index (χ1v) is 7.91. The van der Waals surface area contributed by atoms with Crippen molar-refractivity contribution < 1.29 is 9.53 Å². The standard InChI is InChI=1S/C16H18N2O2S/c1-20-14-8-3-2-6-12(14)17-16(19)18-10-4-7-13(18)15-9-5-11-21-15/h2-3,5-6,8-9,11,13H,4,7,10H2,1H3,(H,17,19). The van der Waals surface area contributed by atoms with E-state index in [1.165, 1.54) is 4.88 Å². The number of para-hydroxylation sites is 2. The van der Waals surface area contributed by atoms with Crippen LogP contribution in [0.25, 0.3) is 0 Å². The van der Waals surface area contributed by atoms with Crippen LogP contribution in [0.3, 0.4) is 0 Å². The minimum absolute atomic E-state index is 0.0598. The highest BCUT2D eigenvalue weighted by Crippen LogP contribution is 2.35. The van der Waals surface area contributed by atoms with Gasteiger partial charge in [0.2, 0.25) is 0 Å². The minimum Gasteiger partial charge on any atom is -0.495 e. The number of carbonyl (C=O) groups is 1. The van der Waals surface area contributed by atoms with Gasteiger partial charge in [0.25, 0.3) is 0 Å². The smallest absolute Gasteiger partial charge is 0.322 e. The van der Waals surface area contributed by atoms with Gasteiger partial charge in [0.15, 0.2) is 0 Å². The second-order valence-electron chi connectivity index (χ2n) is 5.00. The molecule has 1 atom stereocenters. The van der Waals surface area contributed by atoms with Crippen molar-refractivity contribution in [3.8, 4) is 5.75 Å². The normalized spacial score (nSPS) is 17.8. The SMILES string of the molecule is COc1ccccc1NC(=O)N1CCCC1c1cccs1. The summed E-state index contributed by atoms with van der Waals surface area (Å²) in [5, 5.41) is 5.02. The fourth-order valence-electron chi connectivity index (χ4n) is 2.72. The Morgan fingerprint density at radius 2 is 2.19 bits per heavy atom. The van der Waals surface area contributed by atoms with E-state index in [-0.39, 0.29) is 12.1 Å². The van der Waals surface area contributed by atoms with Gasteiger partial charge in [-0.2, -0.15) is 0 Å². The molecule has 1 aromatic heterocycles. The molecule has 1 unspecified atom stereocenters. The Bertz CT molecular complexity index is 612. The van der Waals surface area contributed by atoms with Crippen LogP contribution in [0.1, 0.15) is 23.8 Å². The summed E-state index contributed by atoms with van der Waals surface area (Å²) in [4.78, 5) is 15.7. The number of amides is 2. The van der Waals surface area contributed by atoms with Crippen molar-refractivity contribution in [3.05, 3.63) is 46.7 Å². The molecule has 0 radical (unpaired) electrons. The number of hydrogen-bond donors (Lipinski definition) is 1. The van der Waals surface area contributed by atoms with E-state index in [0.717, 1.165) is 19.4 Å². The molecule has 2 heterocycles. The highest BCUT2D eigenvalue weighted by atomic mass is 32.1. The molecule has 4 nitrogen and oxygen atoms in total. The average molecular weight is 302 g/mol. The lowest BCUT2D eigenvalue weighted by Gasteiger charge is -2.24. The third kappa shape index (κ3) is 2.88. The summed E-state index contributed by atoms with van der Waals surface area (Å²) in [6.45, 7) is 0.795. The lowest BCUT2D eigenvalue weighted by molar-refractivity contribution is 0.207. The maximum atomic E-state index is 12.6. The molecular weight excluding hydrogens is 284 g/mol. The maximum absolute atomic E-state index is 12.6. The molecule has 110 valence electrons. The van der Waals surface area contributed by atoms with Gasteiger partial charge in [-0.3, -0.25) is 0 Å². The second-order valence-corrected chi connectivity index (χ2v) is 5.98. The fraction of sp³-hybridized carbons (Fsp3) is 0.312. The highest BCUT2D eigenvalue weighted by Gasteiger charge is 2.30. The number of methoxy groups -OCH3 is 1. The zero-order valence-electron chi connectivity index (χ0n) is 11.9. The third-order valence-electron chi connectivity index (χ3n) is 3.73. The predicted molar refractivity (Wildman–Crippen MR) is 85.0 cm³/mol. The molecule has 0 aliphatic carbocycles. The summed E-state index contributed by atoms with van der Waals surface area (Å²) in [5.41, 5.74) is 0.710. The zero-order chi connectivity index (χ0) is 14.7. The van der Waals surface area contributed by atoms with Crippen LogP contribution in [-0.4, -0.2) is 24.6 Å². The first-order chi connectivity index (χ1) is 10.3. The van der Waals surface area contributed by atoms with E-state index in [9.17, 15) is 4.79 Å². The number of nitrogens with one attached hydrogen (secondary N) is 1. The molecule has 2 amide bonds. The Morgan fingerprint density at radius 1 is 1.33 bits per heavy atom. The van der Waals surface area contributed by atoms with E-state index in [1.807, 2.05) is 35.2 Å². The molecule has 1 aliphatic rings. The molecular formula is C16H18N2O2S. The Labute approximate surface area is 128 Å². The number of hydrogen-bond acceptors (Lipinski definition) is 3. The molecule has 5 heteroatoms. The largest absolute Gasteiger partial charge is 0.495 e. The zero-order valence-corrected chi connectivity index (χ0v) is 12.7. The fourth-order valence-corrected chi connectivity index (χ4v) is 3.59. The molecule has 0 spiro atoms. The van der Waals surface area contributed by atoms with Crippen molar-refractivity contribution in [2.24, 2.45) is 0 Å². The number of carbonyl (C=O) groups excluding carboxylic acids is 1. The van der Waals surface area contributed by atoms with Crippen LogP contribution in [0.5, 0.6) is 5.75 Å². The van der Waals surface area contributed by atoms with E-state index >= 15 is 0 Å². The second kappa shape index (κ2) is 6.18. The minimum atomic E-state index is -0.0598. The topological polar surface area (TPSA) is 41.6 Å². The van der Waals surface area contributed by atoms with E-state index in [0.29, 0.717) is 11.4 Å². The van der Waals surface area contributed by atoms with Crippen molar-refractivity contribution in [3.63, 3.8) is 0 Å². The van der Waals surface area contributed by atoms with Crippen LogP contribution in [0, 0.1) is 0 Å². The van der Waals surface area contributed by atoms with E-state index < -0.39 is 0 Å². The van der Waals surface area contributed by atoms with Gasteiger partial charge in [-0.1, -0.05) is 18.2 Å². The number of nitrogens with zero attached hydrogens (tertiary/aromatic N) is 1. The van der Waals surface area contributed by atoms with E-state index in [4.69, 9.17) is 4.74 Å². The number of benzene rings is 1. The van der Waals surface area contributed by atoms with Gasteiger partial charge in [0.1, 0.15) is 5.75 Å². The van der Waals surface area contributed by atoms with Crippen molar-refractivity contribution in [2.45, 2.75) is 18.9 Å². The first-order valence-electron chi connectivity index (χ1n) is 7.03. The highest BCUT2D eigenvalue weighted by molar-refractivity contribution is 7.10. The Morgan fingerprint density at radius 3 is 2.95 bits per heavy atom. The van der Waals surface area contributed by atoms with Gasteiger partial charge in [0.05, 0.1) is 18.8 Å². The Kier molecular flexibility index (Phi) is 4.10. The van der Waals surface area contributed by atoms with Crippen molar-refractivity contribution >= 4 is 23.1 Å². The molecule has 1 fully saturated rings. The molecule has 1 aromatic carbocycles. The van der Waals surface area contributed by atoms with Gasteiger partial charge in [-0.15, -0.1) is 11.3 Å². The van der Waals surface area contributed by atoms with Gasteiger partial charge in [-0.25, -0.2) is 4.79 Å². The summed E-state index contributed by atoms with van der Waals surface area (Å²) in [5.74, 6) is 0.678. The lowest BCUT2D eigenvalue weighted by atomic mass is 10.2. The van der Waals surface area contributed by atoms with Crippen LogP contribution in [0.15, 0.2) is 41.8 Å². The molecule has 21 heavy (non-hydrogen) atoms. The van der Waals surface area contributed by atoms with Crippen molar-refractivity contribution in [2.75, 3.05) is 19.0 Å². The van der Waals surface area contributed by atoms with Crippen LogP contribution < -0.4 is 10.1 Å². The van der Waals surface area contributed by atoms with Crippen LogP contribution in [0.2, 0.25) is 0 Å². The van der Waals surface area contributed by atoms with Gasteiger partial charge in [0, 0.05) is 11.4 Å². The Balaban J connectivity index is 1.75. The number of likely N-dealkylation sites (tertiary alicyclic amines) is 1. The van der Waals surface area contributed by atoms with E-state index in [1.54, 1.807) is 18.4 Å². The van der Waals surface area contributed by atoms with E-state index in [2.05, 4.69) is 16.8 Å². The lowest BCUT2D eigenvalue weighted by Crippen LogP contribution is -2.34. The molecule has 1 aliphatic heterocycles. The van der Waals surface area contributed by atoms with Gasteiger partial charge in [-0.05, 0) is 36.4 Å². The average Bonchev–Trinajstić information content (AvgIpc) is 3.18. The monoisotopic (exact) mass is 302 g/mol. The molecule has 1 saturated heterocycles. The molecule has 0 saturated carbocycles. The number of ether oxygens (including phenoxy) is 1. The number of urea groups is 1. The molecule has 2 aromatic rings. The first kappa shape index (κ1) is 13.9. The maximum Gasteiger partial charge on any atom is 0.322 e. The van der Waals surface area contributed by atoms with Crippen LogP contribution in [-0.2, 0) is 0 Å². The molecule has 1 N–H and O–H groups in total. The number of thiophene rings is 1. The van der Waals surface area contributed by atoms with Gasteiger partial charge < -0.3 is 15.0 Å². The van der Waals surface area contributed by atoms with Crippen LogP contribution in [0.4, 0.5) is 10.5 Å². The number of anilines is 1. The quantitative estimate of drug-likeness (QED) is 0.926. The van der Waals surface area contributed by atoms with Gasteiger partial charge >= 0.3 is 6.03 Å². The predicted octanol–water partition coefficient (Wildman–Crippen LogP) is 4.13. The summed E-state index contributed by atoms with van der Waals surface area (Å²) < 4.78 is 5.28. The Hall–Kier alpha value is -2.01.